The number of rotatable bonds is 4. The van der Waals surface area contributed by atoms with E-state index >= 15 is 0 Å². The van der Waals surface area contributed by atoms with E-state index in [0.29, 0.717) is 0 Å². The third kappa shape index (κ3) is 6.37. The fourth-order valence-corrected chi connectivity index (χ4v) is 5.20. The Labute approximate surface area is 267 Å². The van der Waals surface area contributed by atoms with E-state index in [0.717, 1.165) is 50.0 Å². The molecule has 3 heterocycles. The van der Waals surface area contributed by atoms with Gasteiger partial charge in [-0.25, -0.2) is 0 Å². The number of pyridine rings is 2. The number of aromatic nitrogens is 2. The molecule has 3 nitrogen and oxygen atoms in total. The summed E-state index contributed by atoms with van der Waals surface area (Å²) in [6.07, 6.45) is 3.69. The summed E-state index contributed by atoms with van der Waals surface area (Å²) in [6, 6.07) is 43.8. The van der Waals surface area contributed by atoms with Gasteiger partial charge in [-0.15, -0.1) is 53.6 Å². The van der Waals surface area contributed by atoms with Crippen LogP contribution in [0, 0.1) is 26.0 Å². The molecule has 7 aromatic rings. The van der Waals surface area contributed by atoms with Gasteiger partial charge >= 0.3 is 0 Å². The number of benzene rings is 4. The van der Waals surface area contributed by atoms with Crippen LogP contribution in [0.1, 0.15) is 36.1 Å². The van der Waals surface area contributed by atoms with Gasteiger partial charge in [-0.1, -0.05) is 91.5 Å². The topological polar surface area (TPSA) is 38.9 Å². The van der Waals surface area contributed by atoms with Crippen molar-refractivity contribution in [2.24, 2.45) is 0 Å². The molecule has 0 aliphatic heterocycles. The smallest absolute Gasteiger partial charge is 0.121 e. The van der Waals surface area contributed by atoms with Gasteiger partial charge in [-0.3, -0.25) is 0 Å². The van der Waals surface area contributed by atoms with E-state index in [-0.39, 0.29) is 25.5 Å². The molecular weight excluding hydrogens is 705 g/mol. The number of hydrogen-bond acceptors (Lipinski definition) is 3. The zero-order valence-corrected chi connectivity index (χ0v) is 27.1. The fraction of sp³-hybridized carbons (Fsp3) is 0.128. The van der Waals surface area contributed by atoms with Crippen molar-refractivity contribution in [2.75, 3.05) is 0 Å². The van der Waals surface area contributed by atoms with Crippen LogP contribution in [0.5, 0.6) is 0 Å². The van der Waals surface area contributed by atoms with Gasteiger partial charge in [0.25, 0.3) is 0 Å². The third-order valence-corrected chi connectivity index (χ3v) is 7.72. The van der Waals surface area contributed by atoms with Crippen LogP contribution in [-0.4, -0.2) is 9.97 Å². The molecule has 1 radical (unpaired) electrons. The zero-order chi connectivity index (χ0) is 29.1. The van der Waals surface area contributed by atoms with E-state index in [1.165, 1.54) is 16.7 Å². The van der Waals surface area contributed by atoms with E-state index in [9.17, 15) is 0 Å². The van der Waals surface area contributed by atoms with Gasteiger partial charge in [0, 0.05) is 37.9 Å². The Bertz CT molecular complexity index is 1960. The molecule has 4 heteroatoms. The predicted molar refractivity (Wildman–Crippen MR) is 172 cm³/mol. The molecule has 43 heavy (non-hydrogen) atoms. The van der Waals surface area contributed by atoms with Gasteiger partial charge in [0.15, 0.2) is 0 Å². The molecule has 4 aromatic carbocycles. The molecule has 0 unspecified atom stereocenters. The number of aryl methyl sites for hydroxylation is 2. The minimum atomic E-state index is -0.0418. The van der Waals surface area contributed by atoms with Gasteiger partial charge < -0.3 is 14.4 Å². The Balaban J connectivity index is 0.000000167. The Kier molecular flexibility index (Phi) is 9.01. The van der Waals surface area contributed by atoms with Crippen molar-refractivity contribution in [1.29, 1.82) is 0 Å². The van der Waals surface area contributed by atoms with Gasteiger partial charge in [0.05, 0.1) is 5.58 Å². The molecule has 0 fully saturated rings. The summed E-state index contributed by atoms with van der Waals surface area (Å²) in [5.41, 5.74) is 10.5. The summed E-state index contributed by atoms with van der Waals surface area (Å²) in [5, 5.41) is 2.25. The second-order valence-corrected chi connectivity index (χ2v) is 11.1. The van der Waals surface area contributed by atoms with Crippen molar-refractivity contribution >= 4 is 21.9 Å². The van der Waals surface area contributed by atoms with Crippen LogP contribution in [0.2, 0.25) is 0 Å². The van der Waals surface area contributed by atoms with Crippen molar-refractivity contribution in [3.8, 4) is 22.5 Å². The molecule has 3 aromatic heterocycles. The Morgan fingerprint density at radius 1 is 0.651 bits per heavy atom. The van der Waals surface area contributed by atoms with Gasteiger partial charge in [-0.05, 0) is 59.5 Å². The standard InChI is InChI=1S/C20H18N.C19H14NO.Ir/c1-20(2,17-10-4-3-5-11-17)18-12-8-9-16(15-18)19-13-6-7-14-21-19;1-12-6-8-14-15-4-3-5-16(19(15)21-18(14)10-12)17-9-7-13(2)11-20-17;/h3-8,10-15H,1-2H3;3-4,6-11H,1-2H3;/q2*-1;. The van der Waals surface area contributed by atoms with Crippen LogP contribution in [0.4, 0.5) is 0 Å². The first-order valence-electron chi connectivity index (χ1n) is 14.2. The summed E-state index contributed by atoms with van der Waals surface area (Å²) < 4.78 is 6.08. The van der Waals surface area contributed by atoms with E-state index in [1.807, 2.05) is 61.8 Å². The number of fused-ring (bicyclic) bond motifs is 3. The maximum atomic E-state index is 6.08. The van der Waals surface area contributed by atoms with Crippen LogP contribution in [0.15, 0.2) is 126 Å². The van der Waals surface area contributed by atoms with Gasteiger partial charge in [0.2, 0.25) is 0 Å². The molecule has 0 aliphatic carbocycles. The van der Waals surface area contributed by atoms with Gasteiger partial charge in [-0.2, -0.15) is 0 Å². The van der Waals surface area contributed by atoms with Crippen molar-refractivity contribution in [3.05, 3.63) is 156 Å². The van der Waals surface area contributed by atoms with Crippen LogP contribution in [-0.2, 0) is 25.5 Å². The second-order valence-electron chi connectivity index (χ2n) is 11.1. The first kappa shape index (κ1) is 30.1. The van der Waals surface area contributed by atoms with Crippen molar-refractivity contribution < 1.29 is 24.5 Å². The van der Waals surface area contributed by atoms with Crippen molar-refractivity contribution in [1.82, 2.24) is 9.97 Å². The first-order chi connectivity index (χ1) is 20.4. The molecule has 0 amide bonds. The molecule has 0 saturated heterocycles. The largest absolute Gasteiger partial charge is 0.501 e. The average molecular weight is 737 g/mol. The maximum absolute atomic E-state index is 6.08. The number of nitrogens with zero attached hydrogens (tertiary/aromatic N) is 2. The molecule has 0 aliphatic rings. The molecule has 0 bridgehead atoms. The Morgan fingerprint density at radius 2 is 1.42 bits per heavy atom. The molecule has 215 valence electrons. The van der Waals surface area contributed by atoms with Crippen molar-refractivity contribution in [3.63, 3.8) is 0 Å². The first-order valence-corrected chi connectivity index (χ1v) is 14.2. The molecular formula is C39H32IrN2O-2. The molecule has 0 atom stereocenters. The fourth-order valence-electron chi connectivity index (χ4n) is 5.20. The Morgan fingerprint density at radius 3 is 2.16 bits per heavy atom. The minimum absolute atomic E-state index is 0. The van der Waals surface area contributed by atoms with E-state index in [1.54, 1.807) is 0 Å². The van der Waals surface area contributed by atoms with E-state index in [4.69, 9.17) is 4.42 Å². The monoisotopic (exact) mass is 737 g/mol. The van der Waals surface area contributed by atoms with E-state index < -0.39 is 0 Å². The molecule has 0 spiro atoms. The summed E-state index contributed by atoms with van der Waals surface area (Å²) in [6.45, 7) is 8.60. The normalized spacial score (nSPS) is 11.1. The number of furan rings is 1. The molecule has 7 rings (SSSR count). The summed E-state index contributed by atoms with van der Waals surface area (Å²) in [4.78, 5) is 8.91. The van der Waals surface area contributed by atoms with E-state index in [2.05, 4.69) is 110 Å². The molecule has 0 N–H and O–H groups in total. The number of hydrogen-bond donors (Lipinski definition) is 0. The maximum Gasteiger partial charge on any atom is 0.121 e. The second kappa shape index (κ2) is 12.9. The zero-order valence-electron chi connectivity index (χ0n) is 24.7. The van der Waals surface area contributed by atoms with Crippen molar-refractivity contribution in [2.45, 2.75) is 33.1 Å². The summed E-state index contributed by atoms with van der Waals surface area (Å²) in [7, 11) is 0. The Hall–Kier alpha value is -4.37. The SMILES string of the molecule is CC(C)(c1ccccc1)c1cc[c-]c(-c2ccccn2)c1.Cc1ccc(-c2[c-]ccc3c2oc2cc(C)ccc23)nc1.[Ir]. The van der Waals surface area contributed by atoms with Crippen LogP contribution < -0.4 is 0 Å². The molecule has 0 saturated carbocycles. The van der Waals surface area contributed by atoms with Crippen LogP contribution in [0.3, 0.4) is 0 Å². The van der Waals surface area contributed by atoms with Crippen LogP contribution >= 0.6 is 0 Å². The summed E-state index contributed by atoms with van der Waals surface area (Å²) >= 11 is 0. The average Bonchev–Trinajstić information content (AvgIpc) is 3.40. The third-order valence-electron chi connectivity index (χ3n) is 7.72. The van der Waals surface area contributed by atoms with Crippen LogP contribution in [0.25, 0.3) is 44.5 Å². The van der Waals surface area contributed by atoms with Gasteiger partial charge in [0.1, 0.15) is 5.58 Å². The summed E-state index contributed by atoms with van der Waals surface area (Å²) in [5.74, 6) is 0. The minimum Gasteiger partial charge on any atom is -0.501 e. The predicted octanol–water partition coefficient (Wildman–Crippen LogP) is 9.94. The quantitative estimate of drug-likeness (QED) is 0.169.